The fourth-order valence-corrected chi connectivity index (χ4v) is 2.30. The van der Waals surface area contributed by atoms with Crippen molar-refractivity contribution < 1.29 is 4.74 Å². The molecule has 0 spiro atoms. The van der Waals surface area contributed by atoms with Crippen molar-refractivity contribution in [2.45, 2.75) is 18.5 Å². The summed E-state index contributed by atoms with van der Waals surface area (Å²) in [7, 11) is 0. The third kappa shape index (κ3) is 1.61. The first-order valence-corrected chi connectivity index (χ1v) is 5.44. The second kappa shape index (κ2) is 3.50. The molecule has 1 aromatic heterocycles. The van der Waals surface area contributed by atoms with Gasteiger partial charge in [-0.15, -0.1) is 0 Å². The van der Waals surface area contributed by atoms with E-state index in [2.05, 4.69) is 10.00 Å². The number of hydrogen-bond acceptors (Lipinski definition) is 4. The van der Waals surface area contributed by atoms with Crippen LogP contribution in [0.25, 0.3) is 0 Å². The molecule has 2 fully saturated rings. The minimum absolute atomic E-state index is 0.489. The van der Waals surface area contributed by atoms with Gasteiger partial charge in [0.25, 0.3) is 0 Å². The van der Waals surface area contributed by atoms with Gasteiger partial charge in [0, 0.05) is 19.3 Å². The molecule has 0 saturated carbocycles. The van der Waals surface area contributed by atoms with Crippen molar-refractivity contribution in [1.82, 2.24) is 14.7 Å². The Hall–Kier alpha value is -1.07. The third-order valence-corrected chi connectivity index (χ3v) is 3.33. The average molecular weight is 208 g/mol. The van der Waals surface area contributed by atoms with Gasteiger partial charge in [-0.1, -0.05) is 0 Å². The summed E-state index contributed by atoms with van der Waals surface area (Å²) in [6, 6.07) is 1.13. The van der Waals surface area contributed by atoms with E-state index in [9.17, 15) is 0 Å². The van der Waals surface area contributed by atoms with Gasteiger partial charge in [-0.2, -0.15) is 5.10 Å². The summed E-state index contributed by atoms with van der Waals surface area (Å²) >= 11 is 0. The molecule has 3 heterocycles. The van der Waals surface area contributed by atoms with Gasteiger partial charge in [-0.3, -0.25) is 9.58 Å². The van der Waals surface area contributed by atoms with Crippen LogP contribution in [0.4, 0.5) is 5.69 Å². The molecule has 5 nitrogen and oxygen atoms in total. The molecule has 2 aliphatic heterocycles. The van der Waals surface area contributed by atoms with Crippen LogP contribution in [0.2, 0.25) is 0 Å². The Morgan fingerprint density at radius 2 is 2.27 bits per heavy atom. The SMILES string of the molecule is Nc1cnn([C@H]2CCN(C3COC3)C2)c1. The standard InChI is InChI=1S/C10H16N4O/c11-8-3-12-14(4-8)9-1-2-13(5-9)10-6-15-7-10/h3-4,9-10H,1-2,5-7,11H2/t9-/m0/s1. The zero-order valence-electron chi connectivity index (χ0n) is 8.67. The van der Waals surface area contributed by atoms with Crippen molar-refractivity contribution in [2.24, 2.45) is 0 Å². The number of hydrogen-bond donors (Lipinski definition) is 1. The number of nitrogens with two attached hydrogens (primary N) is 1. The van der Waals surface area contributed by atoms with Crippen LogP contribution in [0.15, 0.2) is 12.4 Å². The first-order chi connectivity index (χ1) is 7.33. The van der Waals surface area contributed by atoms with Gasteiger partial charge >= 0.3 is 0 Å². The predicted molar refractivity (Wildman–Crippen MR) is 56.5 cm³/mol. The van der Waals surface area contributed by atoms with E-state index in [0.717, 1.165) is 38.4 Å². The van der Waals surface area contributed by atoms with Gasteiger partial charge in [0.1, 0.15) is 0 Å². The minimum atomic E-state index is 0.489. The lowest BCUT2D eigenvalue weighted by molar-refractivity contribution is -0.0579. The lowest BCUT2D eigenvalue weighted by atomic mass is 10.2. The van der Waals surface area contributed by atoms with E-state index in [1.807, 2.05) is 10.9 Å². The van der Waals surface area contributed by atoms with Crippen LogP contribution in [-0.4, -0.2) is 47.0 Å². The van der Waals surface area contributed by atoms with Gasteiger partial charge < -0.3 is 10.5 Å². The lowest BCUT2D eigenvalue weighted by Gasteiger charge is -2.34. The van der Waals surface area contributed by atoms with E-state index in [-0.39, 0.29) is 0 Å². The van der Waals surface area contributed by atoms with Crippen LogP contribution in [0.5, 0.6) is 0 Å². The molecule has 3 rings (SSSR count). The van der Waals surface area contributed by atoms with Gasteiger partial charge in [-0.25, -0.2) is 0 Å². The zero-order valence-corrected chi connectivity index (χ0v) is 8.67. The number of rotatable bonds is 2. The topological polar surface area (TPSA) is 56.3 Å². The van der Waals surface area contributed by atoms with Gasteiger partial charge in [0.15, 0.2) is 0 Å². The van der Waals surface area contributed by atoms with E-state index in [1.165, 1.54) is 0 Å². The Morgan fingerprint density at radius 3 is 2.87 bits per heavy atom. The van der Waals surface area contributed by atoms with E-state index in [4.69, 9.17) is 10.5 Å². The highest BCUT2D eigenvalue weighted by Gasteiger charge is 2.33. The summed E-state index contributed by atoms with van der Waals surface area (Å²) < 4.78 is 7.20. The normalized spacial score (nSPS) is 28.1. The molecule has 0 unspecified atom stereocenters. The maximum atomic E-state index is 5.66. The molecule has 82 valence electrons. The Morgan fingerprint density at radius 1 is 1.40 bits per heavy atom. The van der Waals surface area contributed by atoms with Crippen molar-refractivity contribution >= 4 is 5.69 Å². The summed E-state index contributed by atoms with van der Waals surface area (Å²) in [6.07, 6.45) is 4.80. The van der Waals surface area contributed by atoms with E-state index < -0.39 is 0 Å². The molecule has 2 saturated heterocycles. The molecule has 2 N–H and O–H groups in total. The number of aromatic nitrogens is 2. The molecule has 5 heteroatoms. The fourth-order valence-electron chi connectivity index (χ4n) is 2.30. The molecular formula is C10H16N4O. The quantitative estimate of drug-likeness (QED) is 0.749. The highest BCUT2D eigenvalue weighted by Crippen LogP contribution is 2.25. The fraction of sp³-hybridized carbons (Fsp3) is 0.700. The van der Waals surface area contributed by atoms with Crippen molar-refractivity contribution in [3.05, 3.63) is 12.4 Å². The summed E-state index contributed by atoms with van der Waals surface area (Å²) in [5, 5.41) is 4.27. The zero-order chi connectivity index (χ0) is 10.3. The highest BCUT2D eigenvalue weighted by molar-refractivity contribution is 5.30. The molecule has 1 aromatic rings. The Bertz CT molecular complexity index is 347. The molecule has 2 aliphatic rings. The highest BCUT2D eigenvalue weighted by atomic mass is 16.5. The van der Waals surface area contributed by atoms with Crippen molar-refractivity contribution in [1.29, 1.82) is 0 Å². The summed E-state index contributed by atoms with van der Waals surface area (Å²) in [5.41, 5.74) is 6.41. The van der Waals surface area contributed by atoms with Crippen molar-refractivity contribution in [3.63, 3.8) is 0 Å². The van der Waals surface area contributed by atoms with Crippen LogP contribution < -0.4 is 5.73 Å². The second-order valence-corrected chi connectivity index (χ2v) is 4.38. The third-order valence-electron chi connectivity index (χ3n) is 3.33. The van der Waals surface area contributed by atoms with Gasteiger partial charge in [0.2, 0.25) is 0 Å². The number of anilines is 1. The molecule has 0 aliphatic carbocycles. The summed E-state index contributed by atoms with van der Waals surface area (Å²) in [6.45, 7) is 4.02. The Balaban J connectivity index is 1.65. The average Bonchev–Trinajstić information content (AvgIpc) is 2.70. The molecular weight excluding hydrogens is 192 g/mol. The van der Waals surface area contributed by atoms with E-state index >= 15 is 0 Å². The smallest absolute Gasteiger partial charge is 0.0719 e. The molecule has 1 atom stereocenters. The maximum Gasteiger partial charge on any atom is 0.0719 e. The summed E-state index contributed by atoms with van der Waals surface area (Å²) in [5.74, 6) is 0. The maximum absolute atomic E-state index is 5.66. The van der Waals surface area contributed by atoms with E-state index in [0.29, 0.717) is 12.1 Å². The minimum Gasteiger partial charge on any atom is -0.396 e. The molecule has 15 heavy (non-hydrogen) atoms. The van der Waals surface area contributed by atoms with Crippen LogP contribution in [0.3, 0.4) is 0 Å². The lowest BCUT2D eigenvalue weighted by Crippen LogP contribution is -2.47. The molecule has 0 bridgehead atoms. The monoisotopic (exact) mass is 208 g/mol. The van der Waals surface area contributed by atoms with Crippen LogP contribution in [0, 0.1) is 0 Å². The van der Waals surface area contributed by atoms with Crippen LogP contribution in [0.1, 0.15) is 12.5 Å². The first-order valence-electron chi connectivity index (χ1n) is 5.44. The van der Waals surface area contributed by atoms with E-state index in [1.54, 1.807) is 6.20 Å². The molecule has 0 amide bonds. The van der Waals surface area contributed by atoms with Crippen molar-refractivity contribution in [2.75, 3.05) is 32.0 Å². The number of nitrogen functional groups attached to an aromatic ring is 1. The number of likely N-dealkylation sites (tertiary alicyclic amines) is 1. The second-order valence-electron chi connectivity index (χ2n) is 4.38. The van der Waals surface area contributed by atoms with Crippen molar-refractivity contribution in [3.8, 4) is 0 Å². The number of nitrogens with zero attached hydrogens (tertiary/aromatic N) is 3. The predicted octanol–water partition coefficient (Wildman–Crippen LogP) is 0.111. The number of ether oxygens (including phenoxy) is 1. The summed E-state index contributed by atoms with van der Waals surface area (Å²) in [4.78, 5) is 2.49. The van der Waals surface area contributed by atoms with Gasteiger partial charge in [0.05, 0.1) is 37.2 Å². The van der Waals surface area contributed by atoms with Crippen LogP contribution >= 0.6 is 0 Å². The molecule has 0 aromatic carbocycles. The van der Waals surface area contributed by atoms with Gasteiger partial charge in [-0.05, 0) is 6.42 Å². The molecule has 0 radical (unpaired) electrons. The Kier molecular flexibility index (Phi) is 2.14. The first kappa shape index (κ1) is 9.18. The van der Waals surface area contributed by atoms with Crippen LogP contribution in [-0.2, 0) is 4.74 Å². The Labute approximate surface area is 88.8 Å². The largest absolute Gasteiger partial charge is 0.396 e.